The number of benzene rings is 2. The Balaban J connectivity index is 1.42. The summed E-state index contributed by atoms with van der Waals surface area (Å²) in [5.41, 5.74) is 2.90. The molecule has 5 heteroatoms. The fraction of sp³-hybridized carbons (Fsp3) is 0.517. The average Bonchev–Trinajstić information content (AvgIpc) is 3.07. The van der Waals surface area contributed by atoms with Crippen molar-refractivity contribution in [3.05, 3.63) is 71.3 Å². The topological polar surface area (TPSA) is 50.6 Å². The van der Waals surface area contributed by atoms with Crippen LogP contribution in [0.15, 0.2) is 54.6 Å². The number of carbonyl (C=O) groups is 1. The fourth-order valence-corrected chi connectivity index (χ4v) is 6.48. The lowest BCUT2D eigenvalue weighted by molar-refractivity contribution is 0.0159. The van der Waals surface area contributed by atoms with Crippen molar-refractivity contribution in [2.75, 3.05) is 27.2 Å². The molecule has 0 aromatic heterocycles. The van der Waals surface area contributed by atoms with E-state index in [1.807, 2.05) is 29.2 Å². The van der Waals surface area contributed by atoms with Crippen LogP contribution in [-0.4, -0.2) is 53.5 Å². The molecular weight excluding hydrogens is 420 g/mol. The molecule has 2 aliphatic carbocycles. The van der Waals surface area contributed by atoms with E-state index in [4.69, 9.17) is 0 Å². The summed E-state index contributed by atoms with van der Waals surface area (Å²) in [7, 11) is 4.39. The Hall–Kier alpha value is -2.84. The molecule has 2 amide bonds. The quantitative estimate of drug-likeness (QED) is 0.587. The molecule has 2 saturated carbocycles. The minimum absolute atomic E-state index is 0.0124. The molecule has 1 spiro atoms. The Morgan fingerprint density at radius 3 is 2.29 bits per heavy atom. The Morgan fingerprint density at radius 1 is 1.00 bits per heavy atom. The van der Waals surface area contributed by atoms with Crippen molar-refractivity contribution < 1.29 is 4.79 Å². The van der Waals surface area contributed by atoms with Crippen LogP contribution in [0.2, 0.25) is 0 Å². The zero-order chi connectivity index (χ0) is 23.8. The van der Waals surface area contributed by atoms with E-state index < -0.39 is 0 Å². The number of hydrogen-bond acceptors (Lipinski definition) is 3. The van der Waals surface area contributed by atoms with Gasteiger partial charge in [0.05, 0.1) is 17.2 Å². The van der Waals surface area contributed by atoms with Gasteiger partial charge in [-0.1, -0.05) is 55.0 Å². The van der Waals surface area contributed by atoms with Crippen molar-refractivity contribution >= 4 is 6.03 Å². The van der Waals surface area contributed by atoms with Gasteiger partial charge in [0, 0.05) is 25.2 Å². The van der Waals surface area contributed by atoms with Gasteiger partial charge in [0.25, 0.3) is 0 Å². The van der Waals surface area contributed by atoms with E-state index in [1.165, 1.54) is 24.8 Å². The third-order valence-electron chi connectivity index (χ3n) is 8.90. The molecule has 2 aromatic carbocycles. The van der Waals surface area contributed by atoms with E-state index in [9.17, 15) is 10.1 Å². The third kappa shape index (κ3) is 3.88. The van der Waals surface area contributed by atoms with Crippen molar-refractivity contribution in [3.63, 3.8) is 0 Å². The van der Waals surface area contributed by atoms with Crippen LogP contribution >= 0.6 is 0 Å². The number of nitriles is 1. The smallest absolute Gasteiger partial charge is 0.318 e. The van der Waals surface area contributed by atoms with Gasteiger partial charge in [-0.05, 0) is 75.7 Å². The minimum Gasteiger partial charge on any atom is -0.318 e. The van der Waals surface area contributed by atoms with Crippen LogP contribution in [0.25, 0.3) is 0 Å². The summed E-state index contributed by atoms with van der Waals surface area (Å²) >= 11 is 0. The van der Waals surface area contributed by atoms with E-state index in [1.54, 1.807) is 0 Å². The first-order valence-corrected chi connectivity index (χ1v) is 12.7. The van der Waals surface area contributed by atoms with Crippen molar-refractivity contribution in [2.45, 2.75) is 62.6 Å². The van der Waals surface area contributed by atoms with Crippen molar-refractivity contribution in [3.8, 4) is 6.07 Å². The first-order valence-electron chi connectivity index (χ1n) is 12.7. The molecule has 178 valence electrons. The fourth-order valence-electron chi connectivity index (χ4n) is 6.48. The maximum atomic E-state index is 13.8. The summed E-state index contributed by atoms with van der Waals surface area (Å²) in [6.45, 7) is 2.16. The molecule has 3 aliphatic rings. The predicted molar refractivity (Wildman–Crippen MR) is 134 cm³/mol. The summed E-state index contributed by atoms with van der Waals surface area (Å²) in [5, 5.41) is 9.56. The zero-order valence-electron chi connectivity index (χ0n) is 20.5. The number of carbonyl (C=O) groups excluding carboxylic acids is 1. The summed E-state index contributed by atoms with van der Waals surface area (Å²) in [6.07, 6.45) is 7.87. The largest absolute Gasteiger partial charge is 0.320 e. The first-order chi connectivity index (χ1) is 16.5. The van der Waals surface area contributed by atoms with Gasteiger partial charge in [-0.25, -0.2) is 4.79 Å². The van der Waals surface area contributed by atoms with E-state index in [0.29, 0.717) is 18.0 Å². The third-order valence-corrected chi connectivity index (χ3v) is 8.90. The molecular formula is C29H36N4O. The first kappa shape index (κ1) is 22.9. The van der Waals surface area contributed by atoms with Gasteiger partial charge in [-0.3, -0.25) is 4.90 Å². The summed E-state index contributed by atoms with van der Waals surface area (Å²) in [5.74, 6) is 0.641. The molecule has 1 heterocycles. The highest BCUT2D eigenvalue weighted by Gasteiger charge is 2.54. The number of rotatable bonds is 6. The maximum Gasteiger partial charge on any atom is 0.320 e. The molecule has 0 unspecified atom stereocenters. The normalized spacial score (nSPS) is 27.3. The van der Waals surface area contributed by atoms with E-state index in [2.05, 4.69) is 60.3 Å². The van der Waals surface area contributed by atoms with Crippen LogP contribution < -0.4 is 0 Å². The van der Waals surface area contributed by atoms with Crippen LogP contribution in [-0.2, 0) is 12.1 Å². The molecule has 1 aliphatic heterocycles. The molecule has 0 bridgehead atoms. The van der Waals surface area contributed by atoms with Crippen molar-refractivity contribution in [1.29, 1.82) is 5.26 Å². The van der Waals surface area contributed by atoms with E-state index >= 15 is 0 Å². The molecule has 5 nitrogen and oxygen atoms in total. The second kappa shape index (κ2) is 9.07. The van der Waals surface area contributed by atoms with Crippen LogP contribution in [0, 0.1) is 17.2 Å². The van der Waals surface area contributed by atoms with Crippen LogP contribution in [0.1, 0.15) is 61.6 Å². The van der Waals surface area contributed by atoms with Crippen LogP contribution in [0.4, 0.5) is 4.79 Å². The monoisotopic (exact) mass is 456 g/mol. The Bertz CT molecular complexity index is 1060. The van der Waals surface area contributed by atoms with Crippen LogP contribution in [0.3, 0.4) is 0 Å². The number of urea groups is 1. The second-order valence-corrected chi connectivity index (χ2v) is 10.8. The van der Waals surface area contributed by atoms with Crippen LogP contribution in [0.5, 0.6) is 0 Å². The Labute approximate surface area is 204 Å². The maximum absolute atomic E-state index is 13.8. The van der Waals surface area contributed by atoms with Gasteiger partial charge in [0.2, 0.25) is 0 Å². The van der Waals surface area contributed by atoms with Gasteiger partial charge in [0.1, 0.15) is 0 Å². The number of amides is 2. The summed E-state index contributed by atoms with van der Waals surface area (Å²) < 4.78 is 0. The number of hydrogen-bond donors (Lipinski definition) is 0. The second-order valence-electron chi connectivity index (χ2n) is 10.8. The summed E-state index contributed by atoms with van der Waals surface area (Å²) in [4.78, 5) is 20.4. The number of nitrogens with zero attached hydrogens (tertiary/aromatic N) is 4. The zero-order valence-corrected chi connectivity index (χ0v) is 20.5. The average molecular weight is 457 g/mol. The molecule has 0 N–H and O–H groups in total. The highest BCUT2D eigenvalue weighted by molar-refractivity contribution is 5.78. The van der Waals surface area contributed by atoms with Gasteiger partial charge < -0.3 is 9.80 Å². The predicted octanol–water partition coefficient (Wildman–Crippen LogP) is 5.37. The van der Waals surface area contributed by atoms with Crippen molar-refractivity contribution in [2.24, 2.45) is 5.92 Å². The van der Waals surface area contributed by atoms with E-state index in [0.717, 1.165) is 44.3 Å². The minimum atomic E-state index is -0.109. The molecule has 5 rings (SSSR count). The SMILES string of the molecule is CN(C)[C@]1(c2ccccc2)CC[C@@]2(CC1)CN(Cc1ccccc1C#N)C(=O)N2CC1CCC1. The standard InChI is InChI=1S/C29H36N4O/c1-31(2)29(26-13-4-3-5-14-26)17-15-28(16-18-29)22-32(21-25-12-7-6-11-24(25)19-30)27(34)33(28)20-23-9-8-10-23/h3-7,11-14,23H,8-10,15-18,20-22H2,1-2H3/t28-,29-. The van der Waals surface area contributed by atoms with Crippen molar-refractivity contribution in [1.82, 2.24) is 14.7 Å². The molecule has 0 atom stereocenters. The van der Waals surface area contributed by atoms with E-state index in [-0.39, 0.29) is 17.1 Å². The lowest BCUT2D eigenvalue weighted by atomic mass is 9.68. The summed E-state index contributed by atoms with van der Waals surface area (Å²) in [6, 6.07) is 21.0. The highest BCUT2D eigenvalue weighted by Crippen LogP contribution is 2.49. The van der Waals surface area contributed by atoms with Gasteiger partial charge in [0.15, 0.2) is 0 Å². The Kier molecular flexibility index (Phi) is 6.12. The highest BCUT2D eigenvalue weighted by atomic mass is 16.2. The van der Waals surface area contributed by atoms with Gasteiger partial charge in [-0.2, -0.15) is 5.26 Å². The lowest BCUT2D eigenvalue weighted by Crippen LogP contribution is -2.56. The molecule has 34 heavy (non-hydrogen) atoms. The molecule has 3 fully saturated rings. The lowest BCUT2D eigenvalue weighted by Gasteiger charge is -2.51. The molecule has 2 aromatic rings. The Morgan fingerprint density at radius 2 is 1.68 bits per heavy atom. The van der Waals surface area contributed by atoms with Gasteiger partial charge >= 0.3 is 6.03 Å². The molecule has 1 saturated heterocycles. The molecule has 0 radical (unpaired) electrons. The van der Waals surface area contributed by atoms with Gasteiger partial charge in [-0.15, -0.1) is 0 Å².